The first kappa shape index (κ1) is 17.3. The fourth-order valence-electron chi connectivity index (χ4n) is 1.97. The van der Waals surface area contributed by atoms with E-state index in [9.17, 15) is 0 Å². The van der Waals surface area contributed by atoms with E-state index in [1.54, 1.807) is 0 Å². The molecule has 0 bridgehead atoms. The lowest BCUT2D eigenvalue weighted by atomic mass is 10.1. The molecule has 0 heterocycles. The Hall–Kier alpha value is 0.210. The Kier molecular flexibility index (Phi) is 10.9. The molecule has 0 nitrogen and oxygen atoms in total. The number of benzene rings is 1. The van der Waals surface area contributed by atoms with Crippen LogP contribution in [0.4, 0.5) is 0 Å². The topological polar surface area (TPSA) is 0 Å². The summed E-state index contributed by atoms with van der Waals surface area (Å²) in [6.07, 6.45) is 9.55. The highest BCUT2D eigenvalue weighted by Crippen LogP contribution is 2.17. The lowest BCUT2D eigenvalue weighted by Gasteiger charge is -2.03. The summed E-state index contributed by atoms with van der Waals surface area (Å²) in [5.74, 6) is 3.43. The van der Waals surface area contributed by atoms with Gasteiger partial charge in [-0.25, -0.2) is 0 Å². The Bertz CT molecular complexity index is 311. The van der Waals surface area contributed by atoms with Crippen LogP contribution in [0.5, 0.6) is 0 Å². The summed E-state index contributed by atoms with van der Waals surface area (Å²) in [5.41, 5.74) is 1.38. The smallest absolute Gasteiger partial charge is 0.0406 e. The predicted octanol–water partition coefficient (Wildman–Crippen LogP) is 6.23. The normalized spacial score (nSPS) is 10.8. The molecule has 0 saturated carbocycles. The monoisotopic (exact) mass is 316 g/mol. The van der Waals surface area contributed by atoms with Crippen molar-refractivity contribution in [2.75, 3.05) is 11.5 Å². The van der Waals surface area contributed by atoms with Gasteiger partial charge < -0.3 is 0 Å². The molecule has 1 aromatic rings. The van der Waals surface area contributed by atoms with Gasteiger partial charge in [-0.2, -0.15) is 24.4 Å². The molecule has 0 aliphatic rings. The minimum Gasteiger partial charge on any atom is -0.179 e. The quantitative estimate of drug-likeness (QED) is 0.373. The Labute approximate surface area is 133 Å². The first-order chi connectivity index (χ1) is 9.33. The first-order valence-corrected chi connectivity index (χ1v) is 9.42. The van der Waals surface area contributed by atoms with Crippen molar-refractivity contribution in [2.24, 2.45) is 0 Å². The molecule has 0 atom stereocenters. The maximum Gasteiger partial charge on any atom is 0.0406 e. The molecule has 0 fully saturated rings. The molecule has 0 saturated heterocycles. The summed E-state index contributed by atoms with van der Waals surface area (Å²) in [7, 11) is 0. The van der Waals surface area contributed by atoms with Crippen LogP contribution in [0.2, 0.25) is 5.02 Å². The largest absolute Gasteiger partial charge is 0.179 e. The van der Waals surface area contributed by atoms with E-state index in [4.69, 9.17) is 11.6 Å². The maximum absolute atomic E-state index is 5.86. The molecule has 3 heteroatoms. The standard InChI is InChI=1S/C16H25ClS2/c17-16-10-8-15(9-11-16)14-19-13-7-5-3-1-2-4-6-12-18/h8-11,18H,1-7,12-14H2. The summed E-state index contributed by atoms with van der Waals surface area (Å²) < 4.78 is 0. The zero-order chi connectivity index (χ0) is 13.8. The van der Waals surface area contributed by atoms with Gasteiger partial charge in [-0.05, 0) is 42.0 Å². The first-order valence-electron chi connectivity index (χ1n) is 7.26. The lowest BCUT2D eigenvalue weighted by molar-refractivity contribution is 0.605. The molecule has 0 aromatic heterocycles. The molecule has 0 radical (unpaired) electrons. The number of hydrogen-bond acceptors (Lipinski definition) is 2. The molecule has 0 spiro atoms. The third kappa shape index (κ3) is 9.70. The fraction of sp³-hybridized carbons (Fsp3) is 0.625. The van der Waals surface area contributed by atoms with Crippen LogP contribution in [0, 0.1) is 0 Å². The van der Waals surface area contributed by atoms with E-state index in [0.29, 0.717) is 0 Å². The zero-order valence-electron chi connectivity index (χ0n) is 11.6. The molecular formula is C16H25ClS2. The average Bonchev–Trinajstić information content (AvgIpc) is 2.43. The van der Waals surface area contributed by atoms with Crippen LogP contribution in [0.3, 0.4) is 0 Å². The van der Waals surface area contributed by atoms with Crippen LogP contribution in [-0.4, -0.2) is 11.5 Å². The molecule has 0 N–H and O–H groups in total. The van der Waals surface area contributed by atoms with Gasteiger partial charge in [0.25, 0.3) is 0 Å². The van der Waals surface area contributed by atoms with Crippen molar-refractivity contribution < 1.29 is 0 Å². The molecule has 0 amide bonds. The van der Waals surface area contributed by atoms with Gasteiger partial charge >= 0.3 is 0 Å². The summed E-state index contributed by atoms with van der Waals surface area (Å²) in [6, 6.07) is 8.19. The van der Waals surface area contributed by atoms with Crippen LogP contribution in [-0.2, 0) is 5.75 Å². The second kappa shape index (κ2) is 12.0. The van der Waals surface area contributed by atoms with Gasteiger partial charge in [-0.15, -0.1) is 0 Å². The predicted molar refractivity (Wildman–Crippen MR) is 93.8 cm³/mol. The van der Waals surface area contributed by atoms with Crippen molar-refractivity contribution in [1.29, 1.82) is 0 Å². The third-order valence-corrected chi connectivity index (χ3v) is 4.81. The van der Waals surface area contributed by atoms with E-state index < -0.39 is 0 Å². The number of halogens is 1. The molecule has 1 aromatic carbocycles. The van der Waals surface area contributed by atoms with Crippen LogP contribution in [0.1, 0.15) is 50.5 Å². The number of hydrogen-bond donors (Lipinski definition) is 1. The highest BCUT2D eigenvalue weighted by atomic mass is 35.5. The third-order valence-electron chi connectivity index (χ3n) is 3.13. The van der Waals surface area contributed by atoms with E-state index in [-0.39, 0.29) is 0 Å². The van der Waals surface area contributed by atoms with Gasteiger partial charge in [0.2, 0.25) is 0 Å². The van der Waals surface area contributed by atoms with Gasteiger partial charge in [0.1, 0.15) is 0 Å². The zero-order valence-corrected chi connectivity index (χ0v) is 14.1. The second-order valence-corrected chi connectivity index (χ2v) is 6.87. The molecule has 0 aliphatic carbocycles. The van der Waals surface area contributed by atoms with Crippen LogP contribution < -0.4 is 0 Å². The van der Waals surface area contributed by atoms with Gasteiger partial charge in [-0.3, -0.25) is 0 Å². The highest BCUT2D eigenvalue weighted by Gasteiger charge is 1.95. The van der Waals surface area contributed by atoms with Crippen LogP contribution in [0.15, 0.2) is 24.3 Å². The second-order valence-electron chi connectivity index (χ2n) is 4.88. The molecule has 108 valence electrons. The van der Waals surface area contributed by atoms with E-state index >= 15 is 0 Å². The number of rotatable bonds is 11. The molecule has 1 rings (SSSR count). The lowest BCUT2D eigenvalue weighted by Crippen LogP contribution is -1.85. The Morgan fingerprint density at radius 1 is 0.842 bits per heavy atom. The highest BCUT2D eigenvalue weighted by molar-refractivity contribution is 7.98. The van der Waals surface area contributed by atoms with Crippen molar-refractivity contribution in [3.05, 3.63) is 34.9 Å². The molecule has 0 unspecified atom stereocenters. The van der Waals surface area contributed by atoms with Crippen molar-refractivity contribution in [1.82, 2.24) is 0 Å². The maximum atomic E-state index is 5.86. The fourth-order valence-corrected chi connectivity index (χ4v) is 3.30. The van der Waals surface area contributed by atoms with Gasteiger partial charge in [-0.1, -0.05) is 55.8 Å². The van der Waals surface area contributed by atoms with E-state index in [2.05, 4.69) is 24.8 Å². The van der Waals surface area contributed by atoms with E-state index in [1.807, 2.05) is 23.9 Å². The van der Waals surface area contributed by atoms with Gasteiger partial charge in [0.05, 0.1) is 0 Å². The summed E-state index contributed by atoms with van der Waals surface area (Å²) in [5, 5.41) is 0.826. The molecule has 19 heavy (non-hydrogen) atoms. The van der Waals surface area contributed by atoms with Crippen molar-refractivity contribution in [2.45, 2.75) is 50.7 Å². The minimum atomic E-state index is 0.826. The number of thiol groups is 1. The molecular weight excluding hydrogens is 292 g/mol. The summed E-state index contributed by atoms with van der Waals surface area (Å²) in [6.45, 7) is 0. The van der Waals surface area contributed by atoms with Gasteiger partial charge in [0.15, 0.2) is 0 Å². The average molecular weight is 317 g/mol. The van der Waals surface area contributed by atoms with Crippen molar-refractivity contribution in [3.63, 3.8) is 0 Å². The van der Waals surface area contributed by atoms with E-state index in [1.165, 1.54) is 56.3 Å². The van der Waals surface area contributed by atoms with Crippen LogP contribution >= 0.6 is 36.0 Å². The molecule has 0 aliphatic heterocycles. The number of thioether (sulfide) groups is 1. The Morgan fingerprint density at radius 3 is 2.05 bits per heavy atom. The Morgan fingerprint density at radius 2 is 1.42 bits per heavy atom. The van der Waals surface area contributed by atoms with Crippen molar-refractivity contribution >= 4 is 36.0 Å². The van der Waals surface area contributed by atoms with E-state index in [0.717, 1.165) is 16.5 Å². The van der Waals surface area contributed by atoms with Crippen molar-refractivity contribution in [3.8, 4) is 0 Å². The Balaban J connectivity index is 1.87. The summed E-state index contributed by atoms with van der Waals surface area (Å²) in [4.78, 5) is 0. The summed E-state index contributed by atoms with van der Waals surface area (Å²) >= 11 is 12.1. The van der Waals surface area contributed by atoms with Gasteiger partial charge in [0, 0.05) is 10.8 Å². The minimum absolute atomic E-state index is 0.826. The van der Waals surface area contributed by atoms with Crippen LogP contribution in [0.25, 0.3) is 0 Å². The SMILES string of the molecule is SCCCCCCCCCSCc1ccc(Cl)cc1. The number of unbranched alkanes of at least 4 members (excludes halogenated alkanes) is 6.